The summed E-state index contributed by atoms with van der Waals surface area (Å²) in [4.78, 5) is 15.4. The second-order valence-corrected chi connectivity index (χ2v) is 3.91. The predicted molar refractivity (Wildman–Crippen MR) is 68.1 cm³/mol. The van der Waals surface area contributed by atoms with Gasteiger partial charge in [0.15, 0.2) is 5.82 Å². The van der Waals surface area contributed by atoms with Crippen LogP contribution >= 0.6 is 11.6 Å². The van der Waals surface area contributed by atoms with Crippen molar-refractivity contribution in [2.45, 2.75) is 5.88 Å². The Labute approximate surface area is 109 Å². The number of anilines is 1. The Morgan fingerprint density at radius 3 is 2.94 bits per heavy atom. The highest BCUT2D eigenvalue weighted by Gasteiger charge is 2.11. The molecule has 18 heavy (non-hydrogen) atoms. The molecule has 0 spiro atoms. The van der Waals surface area contributed by atoms with Crippen LogP contribution in [0, 0.1) is 5.82 Å². The zero-order valence-corrected chi connectivity index (χ0v) is 10.1. The van der Waals surface area contributed by atoms with Crippen molar-refractivity contribution in [1.29, 1.82) is 0 Å². The van der Waals surface area contributed by atoms with E-state index in [0.717, 1.165) is 11.8 Å². The second kappa shape index (κ2) is 5.60. The third kappa shape index (κ3) is 2.84. The number of hydrogen-bond acceptors (Lipinski definition) is 2. The number of alkyl halides is 1. The van der Waals surface area contributed by atoms with Gasteiger partial charge in [-0.05, 0) is 23.8 Å². The highest BCUT2D eigenvalue weighted by molar-refractivity contribution is 6.17. The van der Waals surface area contributed by atoms with Crippen LogP contribution in [0.15, 0.2) is 42.7 Å². The second-order valence-electron chi connectivity index (χ2n) is 3.64. The average molecular weight is 265 g/mol. The molecule has 0 aliphatic carbocycles. The summed E-state index contributed by atoms with van der Waals surface area (Å²) in [5.74, 6) is -0.807. The Hall–Kier alpha value is -1.94. The fourth-order valence-corrected chi connectivity index (χ4v) is 1.66. The molecule has 1 heterocycles. The van der Waals surface area contributed by atoms with Crippen LogP contribution < -0.4 is 5.32 Å². The molecule has 0 aliphatic rings. The Kier molecular flexibility index (Phi) is 3.89. The number of benzene rings is 1. The summed E-state index contributed by atoms with van der Waals surface area (Å²) in [6, 6.07) is 8.40. The van der Waals surface area contributed by atoms with Crippen molar-refractivity contribution >= 4 is 23.2 Å². The van der Waals surface area contributed by atoms with Crippen LogP contribution in [0.3, 0.4) is 0 Å². The number of pyridine rings is 1. The molecule has 0 saturated heterocycles. The lowest BCUT2D eigenvalue weighted by Gasteiger charge is -2.06. The number of nitrogens with one attached hydrogen (secondary N) is 1. The molecule has 2 aromatic rings. The minimum Gasteiger partial charge on any atom is -0.322 e. The van der Waals surface area contributed by atoms with Gasteiger partial charge < -0.3 is 5.32 Å². The van der Waals surface area contributed by atoms with E-state index in [-0.39, 0.29) is 5.56 Å². The lowest BCUT2D eigenvalue weighted by molar-refractivity contribution is 0.102. The molecule has 0 atom stereocenters. The molecule has 0 bridgehead atoms. The highest BCUT2D eigenvalue weighted by Crippen LogP contribution is 2.14. The van der Waals surface area contributed by atoms with Crippen molar-refractivity contribution in [3.05, 3.63) is 59.7 Å². The fourth-order valence-electron chi connectivity index (χ4n) is 1.49. The summed E-state index contributed by atoms with van der Waals surface area (Å²) < 4.78 is 13.3. The minimum absolute atomic E-state index is 0.0405. The Morgan fingerprint density at radius 1 is 1.39 bits per heavy atom. The van der Waals surface area contributed by atoms with Crippen LogP contribution in [0.1, 0.15) is 15.9 Å². The van der Waals surface area contributed by atoms with Crippen LogP contribution in [0.25, 0.3) is 0 Å². The van der Waals surface area contributed by atoms with Crippen LogP contribution in [-0.2, 0) is 5.88 Å². The first-order valence-electron chi connectivity index (χ1n) is 5.26. The van der Waals surface area contributed by atoms with Gasteiger partial charge in [-0.2, -0.15) is 0 Å². The van der Waals surface area contributed by atoms with Gasteiger partial charge in [0.2, 0.25) is 0 Å². The number of amides is 1. The molecule has 0 saturated carbocycles. The van der Waals surface area contributed by atoms with E-state index >= 15 is 0 Å². The molecule has 0 fully saturated rings. The number of halogens is 2. The van der Waals surface area contributed by atoms with Crippen LogP contribution in [0.2, 0.25) is 0 Å². The summed E-state index contributed by atoms with van der Waals surface area (Å²) in [6.45, 7) is 0. The lowest BCUT2D eigenvalue weighted by Crippen LogP contribution is -2.13. The maximum absolute atomic E-state index is 13.3. The maximum Gasteiger partial charge on any atom is 0.258 e. The first kappa shape index (κ1) is 12.5. The number of carbonyl (C=O) groups is 1. The Balaban J connectivity index is 2.19. The molecule has 3 nitrogen and oxygen atoms in total. The number of rotatable bonds is 3. The monoisotopic (exact) mass is 264 g/mol. The predicted octanol–water partition coefficient (Wildman–Crippen LogP) is 3.21. The van der Waals surface area contributed by atoms with Crippen molar-refractivity contribution in [2.75, 3.05) is 5.32 Å². The van der Waals surface area contributed by atoms with Gasteiger partial charge in [0, 0.05) is 17.8 Å². The number of hydrogen-bond donors (Lipinski definition) is 1. The first-order chi connectivity index (χ1) is 8.70. The Bertz CT molecular complexity index is 574. The molecule has 0 unspecified atom stereocenters. The Morgan fingerprint density at radius 2 is 2.22 bits per heavy atom. The van der Waals surface area contributed by atoms with E-state index < -0.39 is 11.7 Å². The summed E-state index contributed by atoms with van der Waals surface area (Å²) in [5.41, 5.74) is 1.42. The van der Waals surface area contributed by atoms with Gasteiger partial charge in [-0.1, -0.05) is 12.1 Å². The first-order valence-corrected chi connectivity index (χ1v) is 5.80. The fraction of sp³-hybridized carbons (Fsp3) is 0.0769. The number of carbonyl (C=O) groups excluding carboxylic acids is 1. The molecule has 1 amide bonds. The van der Waals surface area contributed by atoms with Gasteiger partial charge in [-0.15, -0.1) is 11.6 Å². The largest absolute Gasteiger partial charge is 0.322 e. The average Bonchev–Trinajstić information content (AvgIpc) is 2.39. The molecule has 1 N–H and O–H groups in total. The summed E-state index contributed by atoms with van der Waals surface area (Å²) in [7, 11) is 0. The van der Waals surface area contributed by atoms with Gasteiger partial charge in [-0.25, -0.2) is 4.39 Å². The zero-order valence-electron chi connectivity index (χ0n) is 9.36. The van der Waals surface area contributed by atoms with Crippen molar-refractivity contribution < 1.29 is 9.18 Å². The van der Waals surface area contributed by atoms with Crippen LogP contribution in [-0.4, -0.2) is 10.9 Å². The number of aromatic nitrogens is 1. The van der Waals surface area contributed by atoms with Crippen molar-refractivity contribution in [3.63, 3.8) is 0 Å². The molecule has 2 rings (SSSR count). The van der Waals surface area contributed by atoms with Gasteiger partial charge >= 0.3 is 0 Å². The lowest BCUT2D eigenvalue weighted by atomic mass is 10.2. The van der Waals surface area contributed by atoms with Gasteiger partial charge in [0.25, 0.3) is 5.91 Å². The third-order valence-electron chi connectivity index (χ3n) is 2.36. The standard InChI is InChI=1S/C13H10ClFN2O/c14-7-9-2-1-3-10(6-9)17-13(18)11-4-5-16-8-12(11)15/h1-6,8H,7H2,(H,17,18). The molecule has 0 radical (unpaired) electrons. The zero-order chi connectivity index (χ0) is 13.0. The van der Waals surface area contributed by atoms with E-state index in [1.54, 1.807) is 18.2 Å². The molecule has 0 aliphatic heterocycles. The van der Waals surface area contributed by atoms with Crippen molar-refractivity contribution in [1.82, 2.24) is 4.98 Å². The van der Waals surface area contributed by atoms with E-state index in [9.17, 15) is 9.18 Å². The molecular weight excluding hydrogens is 255 g/mol. The van der Waals surface area contributed by atoms with E-state index in [4.69, 9.17) is 11.6 Å². The smallest absolute Gasteiger partial charge is 0.258 e. The minimum atomic E-state index is -0.650. The molecule has 92 valence electrons. The van der Waals surface area contributed by atoms with Crippen LogP contribution in [0.4, 0.5) is 10.1 Å². The summed E-state index contributed by atoms with van der Waals surface area (Å²) >= 11 is 5.70. The highest BCUT2D eigenvalue weighted by atomic mass is 35.5. The van der Waals surface area contributed by atoms with Crippen molar-refractivity contribution in [3.8, 4) is 0 Å². The van der Waals surface area contributed by atoms with Gasteiger partial charge in [-0.3, -0.25) is 9.78 Å². The molecular formula is C13H10ClFN2O. The molecule has 5 heteroatoms. The summed E-state index contributed by atoms with van der Waals surface area (Å²) in [5, 5.41) is 2.61. The SMILES string of the molecule is O=C(Nc1cccc(CCl)c1)c1ccncc1F. The van der Waals surface area contributed by atoms with E-state index in [1.807, 2.05) is 6.07 Å². The topological polar surface area (TPSA) is 42.0 Å². The summed E-state index contributed by atoms with van der Waals surface area (Å²) in [6.07, 6.45) is 2.37. The maximum atomic E-state index is 13.3. The van der Waals surface area contributed by atoms with Gasteiger partial charge in [0.05, 0.1) is 11.8 Å². The molecule has 1 aromatic carbocycles. The van der Waals surface area contributed by atoms with E-state index in [1.165, 1.54) is 12.3 Å². The van der Waals surface area contributed by atoms with E-state index in [2.05, 4.69) is 10.3 Å². The third-order valence-corrected chi connectivity index (χ3v) is 2.66. The van der Waals surface area contributed by atoms with E-state index in [0.29, 0.717) is 11.6 Å². The van der Waals surface area contributed by atoms with Gasteiger partial charge in [0.1, 0.15) is 0 Å². The normalized spacial score (nSPS) is 10.1. The molecule has 1 aromatic heterocycles. The van der Waals surface area contributed by atoms with Crippen LogP contribution in [0.5, 0.6) is 0 Å². The quantitative estimate of drug-likeness (QED) is 0.865. The number of nitrogens with zero attached hydrogens (tertiary/aromatic N) is 1. The van der Waals surface area contributed by atoms with Crippen molar-refractivity contribution in [2.24, 2.45) is 0 Å².